The molecule has 35 heavy (non-hydrogen) atoms. The number of alkyl halides is 1. The Morgan fingerprint density at radius 2 is 1.86 bits per heavy atom. The molecule has 2 aromatic rings. The Labute approximate surface area is 219 Å². The van der Waals surface area contributed by atoms with Crippen molar-refractivity contribution in [2.45, 2.75) is 44.5 Å². The van der Waals surface area contributed by atoms with E-state index in [1.54, 1.807) is 7.11 Å². The van der Waals surface area contributed by atoms with Gasteiger partial charge in [-0.3, -0.25) is 0 Å². The summed E-state index contributed by atoms with van der Waals surface area (Å²) in [7, 11) is 1.72. The van der Waals surface area contributed by atoms with Gasteiger partial charge < -0.3 is 23.9 Å². The number of allylic oxidation sites excluding steroid dienone is 2. The Kier molecular flexibility index (Phi) is 9.81. The van der Waals surface area contributed by atoms with Gasteiger partial charge in [0.1, 0.15) is 5.75 Å². The molecule has 0 amide bonds. The first-order chi connectivity index (χ1) is 17.1. The molecular formula is C27H38Cl2N4O2. The van der Waals surface area contributed by atoms with Crippen LogP contribution in [0.25, 0.3) is 10.9 Å². The highest BCUT2D eigenvalue weighted by Gasteiger charge is 2.17. The van der Waals surface area contributed by atoms with Crippen LogP contribution in [0.5, 0.6) is 11.5 Å². The van der Waals surface area contributed by atoms with Gasteiger partial charge in [-0.05, 0) is 75.6 Å². The van der Waals surface area contributed by atoms with Gasteiger partial charge in [-0.25, -0.2) is 0 Å². The van der Waals surface area contributed by atoms with Crippen molar-refractivity contribution in [2.75, 3.05) is 52.9 Å². The first-order valence-corrected chi connectivity index (χ1v) is 13.6. The van der Waals surface area contributed by atoms with E-state index >= 15 is 0 Å². The van der Waals surface area contributed by atoms with E-state index in [0.29, 0.717) is 11.6 Å². The lowest BCUT2D eigenvalue weighted by atomic mass is 10.1. The van der Waals surface area contributed by atoms with Crippen LogP contribution in [-0.2, 0) is 6.54 Å². The Bertz CT molecular complexity index is 1040. The molecule has 0 saturated carbocycles. The highest BCUT2D eigenvalue weighted by molar-refractivity contribution is 6.37. The molecule has 1 aliphatic heterocycles. The number of rotatable bonds is 11. The number of aromatic nitrogens is 1. The number of hydrogen-bond donors (Lipinski definition) is 1. The van der Waals surface area contributed by atoms with Crippen molar-refractivity contribution in [3.63, 3.8) is 0 Å². The Balaban J connectivity index is 1.38. The lowest BCUT2D eigenvalue weighted by Gasteiger charge is -2.21. The highest BCUT2D eigenvalue weighted by atomic mass is 35.5. The van der Waals surface area contributed by atoms with Crippen molar-refractivity contribution < 1.29 is 9.57 Å². The number of halogens is 2. The number of nitrogens with zero attached hydrogens (tertiary/aromatic N) is 3. The molecule has 1 aromatic heterocycles. The maximum absolute atomic E-state index is 6.20. The van der Waals surface area contributed by atoms with E-state index < -0.39 is 0 Å². The molecule has 1 aromatic carbocycles. The van der Waals surface area contributed by atoms with Crippen molar-refractivity contribution >= 4 is 34.1 Å². The molecule has 4 rings (SSSR count). The van der Waals surface area contributed by atoms with Crippen molar-refractivity contribution in [2.24, 2.45) is 0 Å². The van der Waals surface area contributed by atoms with Crippen molar-refractivity contribution in [1.82, 2.24) is 19.8 Å². The lowest BCUT2D eigenvalue weighted by molar-refractivity contribution is 0.209. The SMILES string of the molecule is CCCN1CCCN(CCCn2cc(ONCC3=CCC(Cl)C(Cl)=C3)c3cccc(OC)c32)CC1. The van der Waals surface area contributed by atoms with Gasteiger partial charge in [0.15, 0.2) is 5.75 Å². The van der Waals surface area contributed by atoms with Gasteiger partial charge in [0.25, 0.3) is 0 Å². The number of fused-ring (bicyclic) bond motifs is 1. The first kappa shape index (κ1) is 26.4. The van der Waals surface area contributed by atoms with E-state index in [9.17, 15) is 0 Å². The summed E-state index contributed by atoms with van der Waals surface area (Å²) < 4.78 is 7.96. The molecule has 2 heterocycles. The zero-order chi connectivity index (χ0) is 24.6. The number of para-hydroxylation sites is 1. The summed E-state index contributed by atoms with van der Waals surface area (Å²) in [6.45, 7) is 10.8. The Hall–Kier alpha value is -1.70. The van der Waals surface area contributed by atoms with Gasteiger partial charge in [-0.15, -0.1) is 11.6 Å². The summed E-state index contributed by atoms with van der Waals surface area (Å²) in [5.41, 5.74) is 5.24. The van der Waals surface area contributed by atoms with Crippen molar-refractivity contribution in [3.8, 4) is 11.5 Å². The molecule has 1 fully saturated rings. The number of methoxy groups -OCH3 is 1. The second-order valence-corrected chi connectivity index (χ2v) is 10.3. The van der Waals surface area contributed by atoms with Crippen LogP contribution in [0.15, 0.2) is 47.2 Å². The molecular weight excluding hydrogens is 483 g/mol. The van der Waals surface area contributed by atoms with Crippen LogP contribution in [0, 0.1) is 0 Å². The number of hydroxylamine groups is 1. The summed E-state index contributed by atoms with van der Waals surface area (Å²) in [4.78, 5) is 11.2. The number of ether oxygens (including phenoxy) is 1. The first-order valence-electron chi connectivity index (χ1n) is 12.8. The van der Waals surface area contributed by atoms with Crippen LogP contribution in [-0.4, -0.2) is 72.7 Å². The molecule has 192 valence electrons. The van der Waals surface area contributed by atoms with E-state index in [-0.39, 0.29) is 5.38 Å². The monoisotopic (exact) mass is 520 g/mol. The number of benzene rings is 1. The third kappa shape index (κ3) is 6.95. The van der Waals surface area contributed by atoms with Crippen LogP contribution in [0.3, 0.4) is 0 Å². The molecule has 1 aliphatic carbocycles. The average molecular weight is 522 g/mol. The molecule has 8 heteroatoms. The van der Waals surface area contributed by atoms with Crippen LogP contribution >= 0.6 is 23.2 Å². The minimum absolute atomic E-state index is 0.128. The standard InChI is InChI=1S/C27H38Cl2N4O2/c1-3-11-31-12-5-13-32(17-16-31)14-6-15-33-20-26(22-7-4-8-25(34-2)27(22)33)35-30-19-21-9-10-23(28)24(29)18-21/h4,7-9,18,20,23,30H,3,5-6,10-17,19H2,1-2H3. The molecule has 1 saturated heterocycles. The molecule has 0 radical (unpaired) electrons. The number of aryl methyl sites for hydroxylation is 1. The van der Waals surface area contributed by atoms with E-state index in [0.717, 1.165) is 60.5 Å². The fourth-order valence-corrected chi connectivity index (χ4v) is 5.36. The average Bonchev–Trinajstić information content (AvgIpc) is 3.05. The number of hydrogen-bond acceptors (Lipinski definition) is 5. The van der Waals surface area contributed by atoms with Gasteiger partial charge in [-0.2, -0.15) is 5.48 Å². The third-order valence-electron chi connectivity index (χ3n) is 6.81. The molecule has 0 bridgehead atoms. The van der Waals surface area contributed by atoms with Gasteiger partial charge >= 0.3 is 0 Å². The van der Waals surface area contributed by atoms with Gasteiger partial charge in [0.2, 0.25) is 0 Å². The topological polar surface area (TPSA) is 41.9 Å². The fourth-order valence-electron chi connectivity index (χ4n) is 4.98. The predicted octanol–water partition coefficient (Wildman–Crippen LogP) is 5.40. The van der Waals surface area contributed by atoms with Crippen molar-refractivity contribution in [3.05, 3.63) is 47.2 Å². The van der Waals surface area contributed by atoms with Crippen LogP contribution in [0.2, 0.25) is 0 Å². The lowest BCUT2D eigenvalue weighted by Crippen LogP contribution is -2.32. The van der Waals surface area contributed by atoms with E-state index in [1.165, 1.54) is 39.0 Å². The Morgan fingerprint density at radius 1 is 1.06 bits per heavy atom. The van der Waals surface area contributed by atoms with Gasteiger partial charge in [-0.1, -0.05) is 30.7 Å². The molecule has 1 N–H and O–H groups in total. The van der Waals surface area contributed by atoms with E-state index in [1.807, 2.05) is 18.2 Å². The smallest absolute Gasteiger partial charge is 0.172 e. The summed E-state index contributed by atoms with van der Waals surface area (Å²) in [5, 5.41) is 1.58. The summed E-state index contributed by atoms with van der Waals surface area (Å²) in [5.74, 6) is 1.66. The van der Waals surface area contributed by atoms with Crippen molar-refractivity contribution in [1.29, 1.82) is 0 Å². The fraction of sp³-hybridized carbons (Fsp3) is 0.556. The normalized spacial score (nSPS) is 19.9. The van der Waals surface area contributed by atoms with Gasteiger partial charge in [0.05, 0.1) is 24.5 Å². The quantitative estimate of drug-likeness (QED) is 0.317. The molecule has 6 nitrogen and oxygen atoms in total. The second-order valence-electron chi connectivity index (χ2n) is 9.37. The minimum Gasteiger partial charge on any atom is -0.495 e. The predicted molar refractivity (Wildman–Crippen MR) is 146 cm³/mol. The minimum atomic E-state index is -0.128. The zero-order valence-electron chi connectivity index (χ0n) is 20.9. The summed E-state index contributed by atoms with van der Waals surface area (Å²) in [6.07, 6.45) is 10.4. The number of nitrogens with one attached hydrogen (secondary N) is 1. The summed E-state index contributed by atoms with van der Waals surface area (Å²) in [6, 6.07) is 6.09. The summed E-state index contributed by atoms with van der Waals surface area (Å²) >= 11 is 12.4. The van der Waals surface area contributed by atoms with E-state index in [2.05, 4.69) is 45.1 Å². The van der Waals surface area contributed by atoms with Crippen LogP contribution < -0.4 is 15.1 Å². The third-order valence-corrected chi connectivity index (χ3v) is 7.70. The molecule has 1 atom stereocenters. The van der Waals surface area contributed by atoms with Crippen LogP contribution in [0.1, 0.15) is 32.6 Å². The Morgan fingerprint density at radius 3 is 2.60 bits per heavy atom. The highest BCUT2D eigenvalue weighted by Crippen LogP contribution is 2.34. The molecule has 0 spiro atoms. The largest absolute Gasteiger partial charge is 0.495 e. The van der Waals surface area contributed by atoms with Gasteiger partial charge in [0, 0.05) is 36.2 Å². The maximum atomic E-state index is 6.20. The maximum Gasteiger partial charge on any atom is 0.172 e. The zero-order valence-corrected chi connectivity index (χ0v) is 22.5. The molecule has 2 aliphatic rings. The molecule has 1 unspecified atom stereocenters. The van der Waals surface area contributed by atoms with E-state index in [4.69, 9.17) is 32.8 Å². The second kappa shape index (κ2) is 13.0. The van der Waals surface area contributed by atoms with Crippen LogP contribution in [0.4, 0.5) is 0 Å².